The zero-order chi connectivity index (χ0) is 18.3. The van der Waals surface area contributed by atoms with Crippen LogP contribution < -0.4 is 4.90 Å². The lowest BCUT2D eigenvalue weighted by molar-refractivity contribution is -0.159. The molecule has 4 rings (SSSR count). The van der Waals surface area contributed by atoms with Crippen molar-refractivity contribution in [2.75, 3.05) is 18.0 Å². The van der Waals surface area contributed by atoms with Crippen molar-refractivity contribution in [3.05, 3.63) is 40.7 Å². The number of aromatic nitrogens is 4. The standard InChI is InChI=1S/C16H13BrF3N5O/c17-11-3-1-2-10-12(11)21-8-22-14(10)25-6-4-9(5-7-25)13-23-15(26-24-13)16(18,19)20/h1-3,8-9H,4-7H2. The van der Waals surface area contributed by atoms with Gasteiger partial charge in [-0.1, -0.05) is 11.2 Å². The molecule has 26 heavy (non-hydrogen) atoms. The van der Waals surface area contributed by atoms with E-state index in [4.69, 9.17) is 0 Å². The Bertz CT molecular complexity index is 937. The van der Waals surface area contributed by atoms with Crippen molar-refractivity contribution in [2.24, 2.45) is 0 Å². The Morgan fingerprint density at radius 3 is 2.62 bits per heavy atom. The average molecular weight is 428 g/mol. The molecule has 0 radical (unpaired) electrons. The fourth-order valence-electron chi connectivity index (χ4n) is 3.16. The van der Waals surface area contributed by atoms with Gasteiger partial charge < -0.3 is 9.42 Å². The van der Waals surface area contributed by atoms with Gasteiger partial charge >= 0.3 is 12.1 Å². The third-order valence-corrected chi connectivity index (χ3v) is 5.08. The Morgan fingerprint density at radius 2 is 1.92 bits per heavy atom. The maximum absolute atomic E-state index is 12.6. The van der Waals surface area contributed by atoms with Crippen molar-refractivity contribution in [3.63, 3.8) is 0 Å². The van der Waals surface area contributed by atoms with E-state index in [-0.39, 0.29) is 11.7 Å². The lowest BCUT2D eigenvalue weighted by Crippen LogP contribution is -2.34. The Kier molecular flexibility index (Phi) is 4.29. The van der Waals surface area contributed by atoms with Crippen LogP contribution in [0.25, 0.3) is 10.9 Å². The van der Waals surface area contributed by atoms with Crippen molar-refractivity contribution in [1.29, 1.82) is 0 Å². The molecule has 0 bridgehead atoms. The number of hydrogen-bond acceptors (Lipinski definition) is 6. The van der Waals surface area contributed by atoms with Crippen molar-refractivity contribution in [2.45, 2.75) is 24.9 Å². The fraction of sp³-hybridized carbons (Fsp3) is 0.375. The van der Waals surface area contributed by atoms with Gasteiger partial charge in [0.25, 0.3) is 0 Å². The number of alkyl halides is 3. The van der Waals surface area contributed by atoms with Crippen LogP contribution in [0.5, 0.6) is 0 Å². The van der Waals surface area contributed by atoms with Crippen LogP contribution in [-0.2, 0) is 6.18 Å². The minimum absolute atomic E-state index is 0.118. The number of fused-ring (bicyclic) bond motifs is 1. The summed E-state index contributed by atoms with van der Waals surface area (Å²) in [5, 5.41) is 4.44. The van der Waals surface area contributed by atoms with Crippen LogP contribution in [-0.4, -0.2) is 33.2 Å². The van der Waals surface area contributed by atoms with E-state index in [2.05, 4.69) is 45.5 Å². The lowest BCUT2D eigenvalue weighted by Gasteiger charge is -2.32. The maximum Gasteiger partial charge on any atom is 0.471 e. The Morgan fingerprint density at radius 1 is 1.15 bits per heavy atom. The molecule has 3 heterocycles. The Labute approximate surface area is 154 Å². The molecule has 2 aromatic heterocycles. The summed E-state index contributed by atoms with van der Waals surface area (Å²) in [7, 11) is 0. The molecule has 1 aliphatic heterocycles. The summed E-state index contributed by atoms with van der Waals surface area (Å²) in [6.45, 7) is 1.28. The monoisotopic (exact) mass is 427 g/mol. The van der Waals surface area contributed by atoms with Gasteiger partial charge in [-0.05, 0) is 40.9 Å². The summed E-state index contributed by atoms with van der Waals surface area (Å²) in [4.78, 5) is 14.3. The van der Waals surface area contributed by atoms with Crippen molar-refractivity contribution in [1.82, 2.24) is 20.1 Å². The number of rotatable bonds is 2. The molecule has 136 valence electrons. The third-order valence-electron chi connectivity index (χ3n) is 4.44. The predicted octanol–water partition coefficient (Wildman–Crippen LogP) is 4.18. The van der Waals surface area contributed by atoms with E-state index >= 15 is 0 Å². The minimum Gasteiger partial charge on any atom is -0.356 e. The highest BCUT2D eigenvalue weighted by atomic mass is 79.9. The summed E-state index contributed by atoms with van der Waals surface area (Å²) >= 11 is 3.49. The lowest BCUT2D eigenvalue weighted by atomic mass is 9.96. The summed E-state index contributed by atoms with van der Waals surface area (Å²) in [6, 6.07) is 5.79. The SMILES string of the molecule is FC(F)(F)c1nc(C2CCN(c3ncnc4c(Br)cccc34)CC2)no1. The van der Waals surface area contributed by atoms with Crippen molar-refractivity contribution < 1.29 is 17.7 Å². The summed E-state index contributed by atoms with van der Waals surface area (Å²) < 4.78 is 43.1. The van der Waals surface area contributed by atoms with E-state index in [0.717, 1.165) is 21.2 Å². The first-order valence-electron chi connectivity index (χ1n) is 7.98. The van der Waals surface area contributed by atoms with Gasteiger partial charge in [0.05, 0.1) is 5.52 Å². The third kappa shape index (κ3) is 3.13. The molecular formula is C16H13BrF3N5O. The number of nitrogens with zero attached hydrogens (tertiary/aromatic N) is 5. The number of piperidine rings is 1. The molecule has 1 fully saturated rings. The van der Waals surface area contributed by atoms with Crippen LogP contribution in [0, 0.1) is 0 Å². The molecule has 0 aliphatic carbocycles. The fourth-order valence-corrected chi connectivity index (χ4v) is 3.62. The maximum atomic E-state index is 12.6. The molecule has 6 nitrogen and oxygen atoms in total. The van der Waals surface area contributed by atoms with Crippen molar-refractivity contribution in [3.8, 4) is 0 Å². The topological polar surface area (TPSA) is 67.9 Å². The number of para-hydroxylation sites is 1. The molecule has 0 amide bonds. The van der Waals surface area contributed by atoms with Crippen LogP contribution in [0.2, 0.25) is 0 Å². The molecular weight excluding hydrogens is 415 g/mol. The second-order valence-corrected chi connectivity index (χ2v) is 6.90. The predicted molar refractivity (Wildman–Crippen MR) is 90.7 cm³/mol. The van der Waals surface area contributed by atoms with Gasteiger partial charge in [-0.2, -0.15) is 18.2 Å². The van der Waals surface area contributed by atoms with Gasteiger partial charge in [0.15, 0.2) is 5.82 Å². The second-order valence-electron chi connectivity index (χ2n) is 6.05. The summed E-state index contributed by atoms with van der Waals surface area (Å²) in [5.74, 6) is -0.515. The van der Waals surface area contributed by atoms with Crippen LogP contribution in [0.15, 0.2) is 33.5 Å². The largest absolute Gasteiger partial charge is 0.471 e. The van der Waals surface area contributed by atoms with Crippen LogP contribution in [0.1, 0.15) is 30.5 Å². The first-order valence-corrected chi connectivity index (χ1v) is 8.78. The number of anilines is 1. The average Bonchev–Trinajstić information content (AvgIpc) is 3.12. The van der Waals surface area contributed by atoms with Crippen LogP contribution in [0.3, 0.4) is 0 Å². The highest BCUT2D eigenvalue weighted by Crippen LogP contribution is 2.34. The van der Waals surface area contributed by atoms with E-state index in [9.17, 15) is 13.2 Å². The molecule has 3 aromatic rings. The zero-order valence-corrected chi connectivity index (χ0v) is 15.0. The van der Waals surface area contributed by atoms with Gasteiger partial charge in [0, 0.05) is 28.9 Å². The van der Waals surface area contributed by atoms with E-state index in [1.165, 1.54) is 6.33 Å². The van der Waals surface area contributed by atoms with Gasteiger partial charge in [-0.15, -0.1) is 0 Å². The molecule has 0 atom stereocenters. The molecule has 0 unspecified atom stereocenters. The van der Waals surface area contributed by atoms with Gasteiger partial charge in [-0.3, -0.25) is 0 Å². The molecule has 0 saturated carbocycles. The molecule has 1 aliphatic rings. The van der Waals surface area contributed by atoms with Crippen LogP contribution in [0.4, 0.5) is 19.0 Å². The first kappa shape index (κ1) is 17.2. The van der Waals surface area contributed by atoms with Crippen molar-refractivity contribution >= 4 is 32.7 Å². The molecule has 0 N–H and O–H groups in total. The number of halogens is 4. The minimum atomic E-state index is -4.61. The van der Waals surface area contributed by atoms with Gasteiger partial charge in [0.1, 0.15) is 12.1 Å². The highest BCUT2D eigenvalue weighted by molar-refractivity contribution is 9.10. The Hall–Kier alpha value is -2.23. The summed E-state index contributed by atoms with van der Waals surface area (Å²) in [6.07, 6.45) is -1.85. The second kappa shape index (κ2) is 6.49. The normalized spacial score (nSPS) is 16.4. The quantitative estimate of drug-likeness (QED) is 0.610. The molecule has 10 heteroatoms. The van der Waals surface area contributed by atoms with Gasteiger partial charge in [-0.25, -0.2) is 9.97 Å². The van der Waals surface area contributed by atoms with E-state index in [1.807, 2.05) is 18.2 Å². The molecule has 1 aromatic carbocycles. The highest BCUT2D eigenvalue weighted by Gasteiger charge is 2.39. The Balaban J connectivity index is 1.52. The zero-order valence-electron chi connectivity index (χ0n) is 13.4. The number of benzene rings is 1. The molecule has 1 saturated heterocycles. The summed E-state index contributed by atoms with van der Waals surface area (Å²) in [5.41, 5.74) is 0.826. The van der Waals surface area contributed by atoms with E-state index in [1.54, 1.807) is 0 Å². The molecule has 0 spiro atoms. The number of hydrogen-bond donors (Lipinski definition) is 0. The van der Waals surface area contributed by atoms with Crippen LogP contribution >= 0.6 is 15.9 Å². The van der Waals surface area contributed by atoms with E-state index in [0.29, 0.717) is 25.9 Å². The van der Waals surface area contributed by atoms with E-state index < -0.39 is 12.1 Å². The smallest absolute Gasteiger partial charge is 0.356 e. The first-order chi connectivity index (χ1) is 12.4. The van der Waals surface area contributed by atoms with Gasteiger partial charge in [0.2, 0.25) is 0 Å².